The van der Waals surface area contributed by atoms with Gasteiger partial charge < -0.3 is 19.9 Å². The number of hydrogen-bond acceptors (Lipinski definition) is 8. The van der Waals surface area contributed by atoms with Crippen molar-refractivity contribution < 1.29 is 14.3 Å². The van der Waals surface area contributed by atoms with Gasteiger partial charge in [-0.3, -0.25) is 9.59 Å². The maximum absolute atomic E-state index is 12.5. The number of rotatable bonds is 12. The van der Waals surface area contributed by atoms with E-state index < -0.39 is 0 Å². The molecule has 2 aromatic heterocycles. The quantitative estimate of drug-likeness (QED) is 0.225. The van der Waals surface area contributed by atoms with E-state index in [2.05, 4.69) is 39.7 Å². The lowest BCUT2D eigenvalue weighted by atomic mass is 10.0. The molecule has 0 aliphatic heterocycles. The highest BCUT2D eigenvalue weighted by molar-refractivity contribution is 7.99. The van der Waals surface area contributed by atoms with Gasteiger partial charge in [-0.05, 0) is 37.0 Å². The third kappa shape index (κ3) is 7.67. The van der Waals surface area contributed by atoms with Crippen molar-refractivity contribution in [3.63, 3.8) is 0 Å². The normalized spacial score (nSPS) is 11.0. The Hall–Kier alpha value is -3.70. The molecule has 4 aromatic rings. The van der Waals surface area contributed by atoms with E-state index in [1.54, 1.807) is 0 Å². The molecule has 0 spiro atoms. The molecule has 2 amide bonds. The van der Waals surface area contributed by atoms with Crippen molar-refractivity contribution in [1.82, 2.24) is 25.1 Å². The van der Waals surface area contributed by atoms with E-state index in [0.29, 0.717) is 22.7 Å². The molecule has 39 heavy (non-hydrogen) atoms. The third-order valence-electron chi connectivity index (χ3n) is 5.86. The van der Waals surface area contributed by atoms with Gasteiger partial charge in [0.05, 0.1) is 18.0 Å². The van der Waals surface area contributed by atoms with E-state index in [9.17, 15) is 9.59 Å². The zero-order valence-electron chi connectivity index (χ0n) is 22.4. The van der Waals surface area contributed by atoms with Crippen LogP contribution < -0.4 is 15.4 Å². The van der Waals surface area contributed by atoms with Crippen molar-refractivity contribution in [2.45, 2.75) is 51.9 Å². The second-order valence-electron chi connectivity index (χ2n) is 9.15. The van der Waals surface area contributed by atoms with Crippen molar-refractivity contribution in [2.75, 3.05) is 17.7 Å². The number of aryl methyl sites for hydroxylation is 1. The number of anilines is 1. The summed E-state index contributed by atoms with van der Waals surface area (Å²) in [4.78, 5) is 29.5. The molecule has 4 rings (SSSR count). The fourth-order valence-electron chi connectivity index (χ4n) is 3.85. The molecule has 0 saturated heterocycles. The Morgan fingerprint density at radius 3 is 2.64 bits per heavy atom. The van der Waals surface area contributed by atoms with Gasteiger partial charge in [0.2, 0.25) is 5.91 Å². The maximum Gasteiger partial charge on any atom is 0.258 e. The van der Waals surface area contributed by atoms with Gasteiger partial charge in [0.25, 0.3) is 5.91 Å². The van der Waals surface area contributed by atoms with E-state index in [1.807, 2.05) is 72.3 Å². The fourth-order valence-corrected chi connectivity index (χ4v) is 5.40. The second kappa shape index (κ2) is 13.4. The Kier molecular flexibility index (Phi) is 9.72. The average molecular weight is 565 g/mol. The van der Waals surface area contributed by atoms with Crippen molar-refractivity contribution in [3.05, 3.63) is 70.9 Å². The first-order valence-corrected chi connectivity index (χ1v) is 14.6. The molecule has 11 heteroatoms. The molecule has 204 valence electrons. The minimum Gasteiger partial charge on any atom is -0.483 e. The number of nitrogens with one attached hydrogen (secondary N) is 2. The van der Waals surface area contributed by atoms with Gasteiger partial charge in [0.15, 0.2) is 22.7 Å². The van der Waals surface area contributed by atoms with Crippen LogP contribution in [0.5, 0.6) is 5.75 Å². The summed E-state index contributed by atoms with van der Waals surface area (Å²) in [6.07, 6.45) is 0. The maximum atomic E-state index is 12.5. The molecule has 2 N–H and O–H groups in total. The van der Waals surface area contributed by atoms with Gasteiger partial charge in [0, 0.05) is 17.5 Å². The van der Waals surface area contributed by atoms with Gasteiger partial charge in [0.1, 0.15) is 5.75 Å². The molecular weight excluding hydrogens is 532 g/mol. The highest BCUT2D eigenvalue weighted by atomic mass is 32.2. The molecule has 2 aromatic carbocycles. The van der Waals surface area contributed by atoms with Crippen LogP contribution in [0.25, 0.3) is 11.3 Å². The second-order valence-corrected chi connectivity index (χ2v) is 10.9. The minimum atomic E-state index is -0.247. The number of aromatic nitrogens is 4. The number of benzene rings is 2. The minimum absolute atomic E-state index is 0.0893. The monoisotopic (exact) mass is 564 g/mol. The van der Waals surface area contributed by atoms with Crippen LogP contribution >= 0.6 is 23.1 Å². The van der Waals surface area contributed by atoms with Crippen LogP contribution in [0.1, 0.15) is 43.6 Å². The fraction of sp³-hybridized carbons (Fsp3) is 0.321. The molecule has 2 heterocycles. The van der Waals surface area contributed by atoms with Gasteiger partial charge >= 0.3 is 0 Å². The lowest BCUT2D eigenvalue weighted by Crippen LogP contribution is -2.29. The smallest absolute Gasteiger partial charge is 0.258 e. The van der Waals surface area contributed by atoms with Crippen LogP contribution in [0.3, 0.4) is 0 Å². The Bertz CT molecular complexity index is 1420. The lowest BCUT2D eigenvalue weighted by molar-refractivity contribution is -0.123. The summed E-state index contributed by atoms with van der Waals surface area (Å²) >= 11 is 2.67. The summed E-state index contributed by atoms with van der Waals surface area (Å²) in [6, 6.07) is 15.8. The first-order chi connectivity index (χ1) is 18.8. The summed E-state index contributed by atoms with van der Waals surface area (Å²) in [6.45, 7) is 8.87. The van der Waals surface area contributed by atoms with Crippen molar-refractivity contribution >= 4 is 40.0 Å². The molecule has 0 aliphatic carbocycles. The Balaban J connectivity index is 1.27. The number of carbonyl (C=O) groups is 2. The lowest BCUT2D eigenvalue weighted by Gasteiger charge is -2.15. The van der Waals surface area contributed by atoms with Crippen LogP contribution in [0.2, 0.25) is 0 Å². The zero-order valence-corrected chi connectivity index (χ0v) is 24.1. The Morgan fingerprint density at radius 2 is 1.90 bits per heavy atom. The highest BCUT2D eigenvalue weighted by Crippen LogP contribution is 2.28. The molecule has 0 radical (unpaired) electrons. The van der Waals surface area contributed by atoms with Crippen LogP contribution in [0, 0.1) is 6.92 Å². The topological polar surface area (TPSA) is 111 Å². The largest absolute Gasteiger partial charge is 0.483 e. The van der Waals surface area contributed by atoms with Crippen molar-refractivity contribution in [3.8, 4) is 17.0 Å². The van der Waals surface area contributed by atoms with Crippen LogP contribution in [0.4, 0.5) is 5.13 Å². The predicted octanol–water partition coefficient (Wildman–Crippen LogP) is 5.28. The van der Waals surface area contributed by atoms with E-state index in [1.165, 1.54) is 23.1 Å². The Morgan fingerprint density at radius 1 is 1.10 bits per heavy atom. The van der Waals surface area contributed by atoms with Crippen LogP contribution in [-0.2, 0) is 22.7 Å². The van der Waals surface area contributed by atoms with Crippen molar-refractivity contribution in [2.24, 2.45) is 0 Å². The van der Waals surface area contributed by atoms with Crippen molar-refractivity contribution in [1.29, 1.82) is 0 Å². The summed E-state index contributed by atoms with van der Waals surface area (Å²) in [5.41, 5.74) is 3.97. The average Bonchev–Trinajstić information content (AvgIpc) is 3.56. The first-order valence-electron chi connectivity index (χ1n) is 12.7. The summed E-state index contributed by atoms with van der Waals surface area (Å²) in [7, 11) is 0. The number of ether oxygens (including phenoxy) is 1. The van der Waals surface area contributed by atoms with Gasteiger partial charge in [-0.2, -0.15) is 0 Å². The highest BCUT2D eigenvalue weighted by Gasteiger charge is 2.16. The molecule has 9 nitrogen and oxygen atoms in total. The molecule has 0 atom stereocenters. The summed E-state index contributed by atoms with van der Waals surface area (Å²) < 4.78 is 7.71. The summed E-state index contributed by atoms with van der Waals surface area (Å²) in [5, 5.41) is 17.2. The number of nitrogens with zero attached hydrogens (tertiary/aromatic N) is 4. The molecule has 0 unspecified atom stereocenters. The number of hydrogen-bond donors (Lipinski definition) is 2. The number of thioether (sulfide) groups is 1. The zero-order chi connectivity index (χ0) is 27.8. The van der Waals surface area contributed by atoms with Gasteiger partial charge in [-0.25, -0.2) is 4.98 Å². The number of carbonyl (C=O) groups excluding carboxylic acids is 2. The third-order valence-corrected chi connectivity index (χ3v) is 7.58. The molecular formula is C28H32N6O3S2. The number of thiazole rings is 1. The molecule has 0 bridgehead atoms. The summed E-state index contributed by atoms with van der Waals surface area (Å²) in [5.74, 6) is 1.36. The predicted molar refractivity (Wildman–Crippen MR) is 155 cm³/mol. The van der Waals surface area contributed by atoms with E-state index in [0.717, 1.165) is 28.1 Å². The van der Waals surface area contributed by atoms with Gasteiger partial charge in [-0.1, -0.05) is 68.1 Å². The molecule has 0 fully saturated rings. The molecule has 0 saturated carbocycles. The van der Waals surface area contributed by atoms with E-state index in [4.69, 9.17) is 4.74 Å². The van der Waals surface area contributed by atoms with E-state index >= 15 is 0 Å². The first kappa shape index (κ1) is 28.3. The SMILES string of the molecule is CCn1c(CNC(=O)COc2cc(C)ccc2C(C)C)nnc1SCC(=O)Nc1nc(-c2ccccc2)cs1. The van der Waals surface area contributed by atoms with Crippen LogP contribution in [0.15, 0.2) is 59.1 Å². The van der Waals surface area contributed by atoms with Gasteiger partial charge in [-0.15, -0.1) is 21.5 Å². The number of amides is 2. The molecule has 0 aliphatic rings. The van der Waals surface area contributed by atoms with Crippen LogP contribution in [-0.4, -0.2) is 43.9 Å². The van der Waals surface area contributed by atoms with E-state index in [-0.39, 0.29) is 36.6 Å². The Labute approximate surface area is 236 Å². The standard InChI is InChI=1S/C28H32N6O3S2/c1-5-34-24(14-29-25(35)15-37-23-13-19(4)11-12-21(23)18(2)3)32-33-28(34)39-17-26(36)31-27-30-22(16-38-27)20-9-7-6-8-10-20/h6-13,16,18H,5,14-15,17H2,1-4H3,(H,29,35)(H,30,31,36).